The zero-order valence-corrected chi connectivity index (χ0v) is 11.2. The van der Waals surface area contributed by atoms with Gasteiger partial charge in [-0.25, -0.2) is 0 Å². The minimum Gasteiger partial charge on any atom is -0.310 e. The summed E-state index contributed by atoms with van der Waals surface area (Å²) < 4.78 is 1.87. The predicted octanol–water partition coefficient (Wildman–Crippen LogP) is 2.90. The van der Waals surface area contributed by atoms with Crippen LogP contribution >= 0.6 is 0 Å². The lowest BCUT2D eigenvalue weighted by atomic mass is 9.86. The highest BCUT2D eigenvalue weighted by molar-refractivity contribution is 5.10. The molecule has 0 aromatic carbocycles. The molecule has 0 spiro atoms. The highest BCUT2D eigenvalue weighted by Gasteiger charge is 2.20. The van der Waals surface area contributed by atoms with Crippen LogP contribution in [0.1, 0.15) is 52.1 Å². The molecule has 92 valence electrons. The molecule has 1 rings (SSSR count). The molecule has 0 radical (unpaired) electrons. The average molecular weight is 223 g/mol. The van der Waals surface area contributed by atoms with Crippen LogP contribution in [0.15, 0.2) is 12.4 Å². The quantitative estimate of drug-likeness (QED) is 0.832. The molecule has 3 heteroatoms. The minimum absolute atomic E-state index is 0.335. The van der Waals surface area contributed by atoms with Crippen molar-refractivity contribution in [2.75, 3.05) is 6.54 Å². The first kappa shape index (κ1) is 13.2. The van der Waals surface area contributed by atoms with Crippen LogP contribution in [0.5, 0.6) is 0 Å². The Labute approximate surface area is 99.2 Å². The number of aryl methyl sites for hydroxylation is 1. The second-order valence-electron chi connectivity index (χ2n) is 5.72. The van der Waals surface area contributed by atoms with Crippen molar-refractivity contribution in [2.24, 2.45) is 12.5 Å². The van der Waals surface area contributed by atoms with E-state index >= 15 is 0 Å². The monoisotopic (exact) mass is 223 g/mol. The van der Waals surface area contributed by atoms with Crippen molar-refractivity contribution in [3.63, 3.8) is 0 Å². The molecule has 3 nitrogen and oxygen atoms in total. The Morgan fingerprint density at radius 2 is 2.12 bits per heavy atom. The first-order chi connectivity index (χ1) is 7.42. The summed E-state index contributed by atoms with van der Waals surface area (Å²) >= 11 is 0. The molecular weight excluding hydrogens is 198 g/mol. The van der Waals surface area contributed by atoms with Gasteiger partial charge in [-0.2, -0.15) is 5.10 Å². The molecule has 1 heterocycles. The summed E-state index contributed by atoms with van der Waals surface area (Å²) in [6.45, 7) is 10.1. The summed E-state index contributed by atoms with van der Waals surface area (Å²) in [7, 11) is 1.97. The fourth-order valence-electron chi connectivity index (χ4n) is 1.86. The van der Waals surface area contributed by atoms with Gasteiger partial charge >= 0.3 is 0 Å². The molecule has 0 fully saturated rings. The second-order valence-corrected chi connectivity index (χ2v) is 5.72. The summed E-state index contributed by atoms with van der Waals surface area (Å²) in [4.78, 5) is 0. The van der Waals surface area contributed by atoms with E-state index < -0.39 is 0 Å². The molecule has 0 saturated heterocycles. The Bertz CT molecular complexity index is 309. The maximum absolute atomic E-state index is 4.25. The Balaban J connectivity index is 2.71. The lowest BCUT2D eigenvalue weighted by molar-refractivity contribution is 0.311. The largest absolute Gasteiger partial charge is 0.310 e. The maximum Gasteiger partial charge on any atom is 0.0537 e. The van der Waals surface area contributed by atoms with Crippen LogP contribution < -0.4 is 5.32 Å². The third-order valence-electron chi connectivity index (χ3n) is 2.58. The van der Waals surface area contributed by atoms with E-state index in [2.05, 4.69) is 44.3 Å². The molecule has 1 atom stereocenters. The standard InChI is InChI=1S/C13H25N3/c1-6-7-14-12(8-13(2,3)4)11-9-15-16(5)10-11/h9-10,12,14H,6-8H2,1-5H3. The summed E-state index contributed by atoms with van der Waals surface area (Å²) in [5.41, 5.74) is 1.63. The molecule has 1 aromatic rings. The van der Waals surface area contributed by atoms with Gasteiger partial charge in [0.05, 0.1) is 6.20 Å². The van der Waals surface area contributed by atoms with Gasteiger partial charge in [0, 0.05) is 24.8 Å². The molecule has 0 amide bonds. The first-order valence-electron chi connectivity index (χ1n) is 6.14. The van der Waals surface area contributed by atoms with E-state index in [9.17, 15) is 0 Å². The summed E-state index contributed by atoms with van der Waals surface area (Å²) in [6, 6.07) is 0.425. The van der Waals surface area contributed by atoms with Crippen molar-refractivity contribution in [3.8, 4) is 0 Å². The van der Waals surface area contributed by atoms with E-state index in [0.29, 0.717) is 11.5 Å². The van der Waals surface area contributed by atoms with E-state index in [1.165, 1.54) is 12.0 Å². The van der Waals surface area contributed by atoms with E-state index in [0.717, 1.165) is 13.0 Å². The molecule has 0 saturated carbocycles. The van der Waals surface area contributed by atoms with Gasteiger partial charge in [-0.3, -0.25) is 4.68 Å². The van der Waals surface area contributed by atoms with Gasteiger partial charge in [0.2, 0.25) is 0 Å². The van der Waals surface area contributed by atoms with E-state index in [1.807, 2.05) is 17.9 Å². The molecule has 1 unspecified atom stereocenters. The van der Waals surface area contributed by atoms with Gasteiger partial charge in [-0.15, -0.1) is 0 Å². The van der Waals surface area contributed by atoms with Crippen molar-refractivity contribution in [1.29, 1.82) is 0 Å². The van der Waals surface area contributed by atoms with Crippen LogP contribution in [0, 0.1) is 5.41 Å². The fraction of sp³-hybridized carbons (Fsp3) is 0.769. The maximum atomic E-state index is 4.25. The number of nitrogens with one attached hydrogen (secondary N) is 1. The Morgan fingerprint density at radius 3 is 2.56 bits per heavy atom. The van der Waals surface area contributed by atoms with Crippen molar-refractivity contribution < 1.29 is 0 Å². The van der Waals surface area contributed by atoms with E-state index in [4.69, 9.17) is 0 Å². The molecule has 16 heavy (non-hydrogen) atoms. The van der Waals surface area contributed by atoms with Crippen LogP contribution in [-0.4, -0.2) is 16.3 Å². The van der Waals surface area contributed by atoms with Gasteiger partial charge in [0.1, 0.15) is 0 Å². The van der Waals surface area contributed by atoms with Gasteiger partial charge in [0.25, 0.3) is 0 Å². The summed E-state index contributed by atoms with van der Waals surface area (Å²) in [6.07, 6.45) is 6.39. The summed E-state index contributed by atoms with van der Waals surface area (Å²) in [5, 5.41) is 7.85. The lowest BCUT2D eigenvalue weighted by Gasteiger charge is -2.26. The lowest BCUT2D eigenvalue weighted by Crippen LogP contribution is -2.26. The van der Waals surface area contributed by atoms with Gasteiger partial charge in [-0.1, -0.05) is 27.7 Å². The highest BCUT2D eigenvalue weighted by atomic mass is 15.2. The molecule has 1 N–H and O–H groups in total. The Hall–Kier alpha value is -0.830. The van der Waals surface area contributed by atoms with Gasteiger partial charge in [-0.05, 0) is 24.8 Å². The number of hydrogen-bond donors (Lipinski definition) is 1. The third-order valence-corrected chi connectivity index (χ3v) is 2.58. The normalized spacial score (nSPS) is 14.1. The van der Waals surface area contributed by atoms with E-state index in [1.54, 1.807) is 0 Å². The predicted molar refractivity (Wildman–Crippen MR) is 68.3 cm³/mol. The van der Waals surface area contributed by atoms with Crippen LogP contribution in [0.2, 0.25) is 0 Å². The number of aromatic nitrogens is 2. The topological polar surface area (TPSA) is 29.9 Å². The second kappa shape index (κ2) is 5.48. The molecule has 0 aliphatic heterocycles. The molecule has 0 bridgehead atoms. The van der Waals surface area contributed by atoms with Crippen molar-refractivity contribution >= 4 is 0 Å². The van der Waals surface area contributed by atoms with Crippen molar-refractivity contribution in [2.45, 2.75) is 46.6 Å². The first-order valence-corrected chi connectivity index (χ1v) is 6.14. The smallest absolute Gasteiger partial charge is 0.0537 e. The highest BCUT2D eigenvalue weighted by Crippen LogP contribution is 2.29. The number of hydrogen-bond acceptors (Lipinski definition) is 2. The zero-order chi connectivity index (χ0) is 12.2. The minimum atomic E-state index is 0.335. The number of nitrogens with zero attached hydrogens (tertiary/aromatic N) is 2. The van der Waals surface area contributed by atoms with Crippen LogP contribution in [0.3, 0.4) is 0 Å². The van der Waals surface area contributed by atoms with Crippen LogP contribution in [0.4, 0.5) is 0 Å². The van der Waals surface area contributed by atoms with Crippen molar-refractivity contribution in [1.82, 2.24) is 15.1 Å². The third kappa shape index (κ3) is 4.35. The average Bonchev–Trinajstić information content (AvgIpc) is 2.57. The van der Waals surface area contributed by atoms with Crippen LogP contribution in [-0.2, 0) is 7.05 Å². The Morgan fingerprint density at radius 1 is 1.44 bits per heavy atom. The fourth-order valence-corrected chi connectivity index (χ4v) is 1.86. The summed E-state index contributed by atoms with van der Waals surface area (Å²) in [5.74, 6) is 0. The molecule has 0 aliphatic rings. The molecular formula is C13H25N3. The number of rotatable bonds is 5. The van der Waals surface area contributed by atoms with Crippen LogP contribution in [0.25, 0.3) is 0 Å². The van der Waals surface area contributed by atoms with Crippen molar-refractivity contribution in [3.05, 3.63) is 18.0 Å². The molecule has 1 aromatic heterocycles. The SMILES string of the molecule is CCCNC(CC(C)(C)C)c1cnn(C)c1. The van der Waals surface area contributed by atoms with E-state index in [-0.39, 0.29) is 0 Å². The zero-order valence-electron chi connectivity index (χ0n) is 11.2. The van der Waals surface area contributed by atoms with Gasteiger partial charge < -0.3 is 5.32 Å². The molecule has 0 aliphatic carbocycles. The Kier molecular flexibility index (Phi) is 4.54. The van der Waals surface area contributed by atoms with Gasteiger partial charge in [0.15, 0.2) is 0 Å².